The first-order valence-corrected chi connectivity index (χ1v) is 9.29. The SMILES string of the molecule is CCOc1ccc(C2=C(N(C)CCO)C(=O)N(c3cccc(Cl)c3)C2=O)cc1. The zero-order valence-corrected chi connectivity index (χ0v) is 16.4. The molecule has 1 N–H and O–H groups in total. The predicted octanol–water partition coefficient (Wildman–Crippen LogP) is 2.95. The Balaban J connectivity index is 2.08. The molecule has 0 fully saturated rings. The van der Waals surface area contributed by atoms with Crippen LogP contribution in [-0.2, 0) is 9.59 Å². The molecule has 2 aromatic carbocycles. The predicted molar refractivity (Wildman–Crippen MR) is 108 cm³/mol. The fraction of sp³-hybridized carbons (Fsp3) is 0.238. The number of hydrogen-bond donors (Lipinski definition) is 1. The van der Waals surface area contributed by atoms with E-state index in [1.807, 2.05) is 6.92 Å². The third-order valence-electron chi connectivity index (χ3n) is 4.40. The van der Waals surface area contributed by atoms with Gasteiger partial charge in [-0.1, -0.05) is 29.8 Å². The van der Waals surface area contributed by atoms with Crippen molar-refractivity contribution < 1.29 is 19.4 Å². The summed E-state index contributed by atoms with van der Waals surface area (Å²) < 4.78 is 5.45. The van der Waals surface area contributed by atoms with Crippen LogP contribution < -0.4 is 9.64 Å². The van der Waals surface area contributed by atoms with Gasteiger partial charge in [-0.15, -0.1) is 0 Å². The van der Waals surface area contributed by atoms with Crippen molar-refractivity contribution in [2.45, 2.75) is 6.92 Å². The van der Waals surface area contributed by atoms with E-state index in [4.69, 9.17) is 16.3 Å². The Kier molecular flexibility index (Phi) is 6.02. The summed E-state index contributed by atoms with van der Waals surface area (Å²) >= 11 is 6.05. The van der Waals surface area contributed by atoms with E-state index in [1.165, 1.54) is 0 Å². The number of anilines is 1. The highest BCUT2D eigenvalue weighted by Gasteiger charge is 2.41. The maximum absolute atomic E-state index is 13.2. The van der Waals surface area contributed by atoms with E-state index in [-0.39, 0.29) is 24.4 Å². The Labute approximate surface area is 168 Å². The standard InChI is InChI=1S/C21H21ClN2O4/c1-3-28-17-9-7-14(8-10-17)18-19(23(2)11-12-25)21(27)24(20(18)26)16-6-4-5-15(22)13-16/h4-10,13,25H,3,11-12H2,1-2H3. The van der Waals surface area contributed by atoms with Gasteiger partial charge in [0.1, 0.15) is 11.4 Å². The van der Waals surface area contributed by atoms with Gasteiger partial charge in [-0.2, -0.15) is 0 Å². The second kappa shape index (κ2) is 8.46. The summed E-state index contributed by atoms with van der Waals surface area (Å²) in [5.74, 6) is -0.205. The maximum atomic E-state index is 13.2. The molecule has 3 rings (SSSR count). The number of ether oxygens (including phenoxy) is 1. The molecule has 0 saturated heterocycles. The number of carbonyl (C=O) groups is 2. The summed E-state index contributed by atoms with van der Waals surface area (Å²) in [6.45, 7) is 2.50. The van der Waals surface area contributed by atoms with Gasteiger partial charge in [0.15, 0.2) is 0 Å². The van der Waals surface area contributed by atoms with Gasteiger partial charge >= 0.3 is 0 Å². The second-order valence-electron chi connectivity index (χ2n) is 6.25. The third kappa shape index (κ3) is 3.74. The molecule has 0 spiro atoms. The van der Waals surface area contributed by atoms with E-state index in [1.54, 1.807) is 60.5 Å². The van der Waals surface area contributed by atoms with E-state index < -0.39 is 11.8 Å². The lowest BCUT2D eigenvalue weighted by molar-refractivity contribution is -0.120. The van der Waals surface area contributed by atoms with Crippen molar-refractivity contribution in [1.29, 1.82) is 0 Å². The number of imide groups is 1. The number of likely N-dealkylation sites (N-methyl/N-ethyl adjacent to an activating group) is 1. The highest BCUT2D eigenvalue weighted by molar-refractivity contribution is 6.45. The summed E-state index contributed by atoms with van der Waals surface area (Å²) in [5.41, 5.74) is 1.52. The van der Waals surface area contributed by atoms with Crippen molar-refractivity contribution in [2.24, 2.45) is 0 Å². The zero-order valence-electron chi connectivity index (χ0n) is 15.7. The van der Waals surface area contributed by atoms with Crippen molar-refractivity contribution in [3.05, 3.63) is 64.8 Å². The number of amides is 2. The number of aliphatic hydroxyl groups is 1. The molecule has 0 aromatic heterocycles. The molecule has 7 heteroatoms. The Hall–Kier alpha value is -2.83. The molecule has 2 aromatic rings. The average molecular weight is 401 g/mol. The topological polar surface area (TPSA) is 70.1 Å². The summed E-state index contributed by atoms with van der Waals surface area (Å²) in [4.78, 5) is 29.1. The van der Waals surface area contributed by atoms with Crippen molar-refractivity contribution in [1.82, 2.24) is 4.90 Å². The quantitative estimate of drug-likeness (QED) is 0.723. The summed E-state index contributed by atoms with van der Waals surface area (Å²) in [5, 5.41) is 9.74. The van der Waals surface area contributed by atoms with Crippen LogP contribution in [-0.4, -0.2) is 48.6 Å². The van der Waals surface area contributed by atoms with Gasteiger partial charge in [0, 0.05) is 18.6 Å². The van der Waals surface area contributed by atoms with E-state index >= 15 is 0 Å². The van der Waals surface area contributed by atoms with Crippen LogP contribution in [0.4, 0.5) is 5.69 Å². The molecule has 0 unspecified atom stereocenters. The molecular weight excluding hydrogens is 380 g/mol. The number of nitrogens with zero attached hydrogens (tertiary/aromatic N) is 2. The lowest BCUT2D eigenvalue weighted by Gasteiger charge is -2.20. The van der Waals surface area contributed by atoms with Crippen LogP contribution in [0.5, 0.6) is 5.75 Å². The second-order valence-corrected chi connectivity index (χ2v) is 6.69. The van der Waals surface area contributed by atoms with Crippen LogP contribution in [0.15, 0.2) is 54.2 Å². The summed E-state index contributed by atoms with van der Waals surface area (Å²) in [7, 11) is 1.67. The minimum atomic E-state index is -0.452. The van der Waals surface area contributed by atoms with Crippen LogP contribution >= 0.6 is 11.6 Å². The van der Waals surface area contributed by atoms with Crippen molar-refractivity contribution in [2.75, 3.05) is 31.7 Å². The molecule has 146 valence electrons. The van der Waals surface area contributed by atoms with Crippen LogP contribution in [0.25, 0.3) is 5.57 Å². The smallest absolute Gasteiger partial charge is 0.282 e. The molecule has 2 amide bonds. The highest BCUT2D eigenvalue weighted by atomic mass is 35.5. The molecule has 0 saturated carbocycles. The van der Waals surface area contributed by atoms with Crippen molar-refractivity contribution >= 4 is 34.7 Å². The molecule has 1 aliphatic rings. The molecule has 0 atom stereocenters. The zero-order chi connectivity index (χ0) is 20.3. The Morgan fingerprint density at radius 3 is 2.43 bits per heavy atom. The lowest BCUT2D eigenvalue weighted by Crippen LogP contribution is -2.34. The number of carbonyl (C=O) groups excluding carboxylic acids is 2. The van der Waals surface area contributed by atoms with E-state index in [9.17, 15) is 14.7 Å². The number of hydrogen-bond acceptors (Lipinski definition) is 5. The molecule has 0 radical (unpaired) electrons. The summed E-state index contributed by atoms with van der Waals surface area (Å²) in [6, 6.07) is 13.6. The normalized spacial score (nSPS) is 14.1. The van der Waals surface area contributed by atoms with Gasteiger partial charge in [-0.25, -0.2) is 4.90 Å². The monoisotopic (exact) mass is 400 g/mol. The van der Waals surface area contributed by atoms with Crippen LogP contribution in [0, 0.1) is 0 Å². The van der Waals surface area contributed by atoms with E-state index in [0.717, 1.165) is 4.90 Å². The van der Waals surface area contributed by atoms with Gasteiger partial charge in [-0.05, 0) is 42.8 Å². The first-order chi connectivity index (χ1) is 13.5. The number of halogens is 1. The molecule has 1 aliphatic heterocycles. The van der Waals surface area contributed by atoms with Gasteiger partial charge in [0.05, 0.1) is 24.5 Å². The number of benzene rings is 2. The molecule has 28 heavy (non-hydrogen) atoms. The number of aliphatic hydroxyl groups excluding tert-OH is 1. The lowest BCUT2D eigenvalue weighted by atomic mass is 10.0. The van der Waals surface area contributed by atoms with Gasteiger partial charge < -0.3 is 14.7 Å². The fourth-order valence-electron chi connectivity index (χ4n) is 3.13. The Bertz CT molecular complexity index is 924. The minimum absolute atomic E-state index is 0.144. The Morgan fingerprint density at radius 1 is 1.11 bits per heavy atom. The van der Waals surface area contributed by atoms with Gasteiger partial charge in [-0.3, -0.25) is 9.59 Å². The first-order valence-electron chi connectivity index (χ1n) is 8.91. The minimum Gasteiger partial charge on any atom is -0.494 e. The highest BCUT2D eigenvalue weighted by Crippen LogP contribution is 2.35. The maximum Gasteiger partial charge on any atom is 0.282 e. The molecule has 0 aliphatic carbocycles. The van der Waals surface area contributed by atoms with E-state index in [0.29, 0.717) is 28.6 Å². The fourth-order valence-corrected chi connectivity index (χ4v) is 3.31. The third-order valence-corrected chi connectivity index (χ3v) is 4.63. The van der Waals surface area contributed by atoms with E-state index in [2.05, 4.69) is 0 Å². The van der Waals surface area contributed by atoms with Crippen molar-refractivity contribution in [3.63, 3.8) is 0 Å². The van der Waals surface area contributed by atoms with Crippen LogP contribution in [0.3, 0.4) is 0 Å². The molecular formula is C21H21ClN2O4. The van der Waals surface area contributed by atoms with Crippen molar-refractivity contribution in [3.8, 4) is 5.75 Å². The first kappa shape index (κ1) is 19.9. The Morgan fingerprint density at radius 2 is 1.82 bits per heavy atom. The summed E-state index contributed by atoms with van der Waals surface area (Å²) in [6.07, 6.45) is 0. The molecule has 6 nitrogen and oxygen atoms in total. The average Bonchev–Trinajstić information content (AvgIpc) is 2.93. The largest absolute Gasteiger partial charge is 0.494 e. The van der Waals surface area contributed by atoms with Gasteiger partial charge in [0.2, 0.25) is 0 Å². The van der Waals surface area contributed by atoms with Gasteiger partial charge in [0.25, 0.3) is 11.8 Å². The van der Waals surface area contributed by atoms with Crippen LogP contribution in [0.1, 0.15) is 12.5 Å². The van der Waals surface area contributed by atoms with Crippen LogP contribution in [0.2, 0.25) is 5.02 Å². The molecule has 1 heterocycles. The molecule has 0 bridgehead atoms. The number of rotatable bonds is 7.